The number of aromatic nitrogens is 2. The number of aryl methyl sites for hydroxylation is 1. The Kier molecular flexibility index (Phi) is 4.72. The van der Waals surface area contributed by atoms with Gasteiger partial charge < -0.3 is 10.3 Å². The third-order valence-corrected chi connectivity index (χ3v) is 5.69. The van der Waals surface area contributed by atoms with E-state index in [9.17, 15) is 4.79 Å². The molecule has 2 saturated heterocycles. The van der Waals surface area contributed by atoms with Crippen LogP contribution in [0.25, 0.3) is 11.0 Å². The molecule has 2 atom stereocenters. The first-order chi connectivity index (χ1) is 12.8. The van der Waals surface area contributed by atoms with Gasteiger partial charge in [0.15, 0.2) is 0 Å². The molecule has 3 heterocycles. The Hall–Kier alpha value is -1.92. The fraction of sp³-hybridized carbons (Fsp3) is 0.619. The molecule has 1 aromatic carbocycles. The van der Waals surface area contributed by atoms with E-state index in [-0.39, 0.29) is 11.4 Å². The van der Waals surface area contributed by atoms with Crippen LogP contribution < -0.4 is 5.32 Å². The topological polar surface area (TPSA) is 64.3 Å². The summed E-state index contributed by atoms with van der Waals surface area (Å²) in [6, 6.07) is 7.21. The molecule has 2 fully saturated rings. The second-order valence-electron chi connectivity index (χ2n) is 9.20. The molecule has 2 N–H and O–H groups in total. The van der Waals surface area contributed by atoms with Crippen LogP contribution in [0.15, 0.2) is 18.2 Å². The van der Waals surface area contributed by atoms with E-state index in [4.69, 9.17) is 4.98 Å². The maximum Gasteiger partial charge on any atom is 0.234 e. The summed E-state index contributed by atoms with van der Waals surface area (Å²) in [4.78, 5) is 25.6. The third-order valence-electron chi connectivity index (χ3n) is 5.69. The lowest BCUT2D eigenvalue weighted by atomic mass is 10.1. The van der Waals surface area contributed by atoms with Crippen molar-refractivity contribution in [1.29, 1.82) is 0 Å². The third kappa shape index (κ3) is 4.01. The lowest BCUT2D eigenvalue weighted by molar-refractivity contribution is -0.125. The lowest BCUT2D eigenvalue weighted by Gasteiger charge is -2.40. The molecule has 27 heavy (non-hydrogen) atoms. The molecule has 4 rings (SSSR count). The molecule has 6 nitrogen and oxygen atoms in total. The number of benzene rings is 1. The summed E-state index contributed by atoms with van der Waals surface area (Å²) >= 11 is 0. The molecular weight excluding hydrogens is 338 g/mol. The first-order valence-electron chi connectivity index (χ1n) is 10.0. The quantitative estimate of drug-likeness (QED) is 0.869. The van der Waals surface area contributed by atoms with Crippen molar-refractivity contribution in [1.82, 2.24) is 25.1 Å². The fourth-order valence-electron chi connectivity index (χ4n) is 4.60. The maximum atomic E-state index is 12.4. The second kappa shape index (κ2) is 6.91. The van der Waals surface area contributed by atoms with Gasteiger partial charge in [0.2, 0.25) is 5.91 Å². The normalized spacial score (nSPS) is 23.9. The zero-order valence-corrected chi connectivity index (χ0v) is 16.9. The number of hydrogen-bond acceptors (Lipinski definition) is 4. The minimum absolute atomic E-state index is 0.139. The van der Waals surface area contributed by atoms with E-state index in [1.165, 1.54) is 18.4 Å². The number of imidazole rings is 1. The van der Waals surface area contributed by atoms with Crippen LogP contribution in [0.4, 0.5) is 0 Å². The van der Waals surface area contributed by atoms with Crippen molar-refractivity contribution in [3.05, 3.63) is 29.6 Å². The number of hydrogen-bond donors (Lipinski definition) is 2. The number of carbonyl (C=O) groups excluding carboxylic acids is 1. The molecule has 0 saturated carbocycles. The van der Waals surface area contributed by atoms with E-state index >= 15 is 0 Å². The van der Waals surface area contributed by atoms with E-state index in [0.29, 0.717) is 18.6 Å². The van der Waals surface area contributed by atoms with E-state index in [0.717, 1.165) is 36.5 Å². The fourth-order valence-corrected chi connectivity index (χ4v) is 4.60. The molecule has 1 aromatic heterocycles. The number of H-pyrrole nitrogens is 1. The molecule has 146 valence electrons. The van der Waals surface area contributed by atoms with Crippen molar-refractivity contribution in [2.75, 3.05) is 19.6 Å². The molecule has 0 radical (unpaired) electrons. The predicted molar refractivity (Wildman–Crippen MR) is 108 cm³/mol. The highest BCUT2D eigenvalue weighted by Crippen LogP contribution is 2.30. The summed E-state index contributed by atoms with van der Waals surface area (Å²) in [7, 11) is 0. The number of nitrogens with one attached hydrogen (secondary N) is 2. The number of nitrogens with zero attached hydrogens (tertiary/aromatic N) is 3. The van der Waals surface area contributed by atoms with Gasteiger partial charge in [0, 0.05) is 30.7 Å². The Labute approximate surface area is 161 Å². The van der Waals surface area contributed by atoms with Crippen LogP contribution in [0, 0.1) is 6.92 Å². The number of aromatic amines is 1. The molecule has 0 spiro atoms. The first-order valence-corrected chi connectivity index (χ1v) is 10.0. The van der Waals surface area contributed by atoms with E-state index in [1.54, 1.807) is 0 Å². The van der Waals surface area contributed by atoms with Crippen molar-refractivity contribution < 1.29 is 4.79 Å². The molecule has 2 aliphatic heterocycles. The molecule has 1 amide bonds. The van der Waals surface area contributed by atoms with Crippen LogP contribution in [0.3, 0.4) is 0 Å². The van der Waals surface area contributed by atoms with E-state index in [1.807, 2.05) is 20.8 Å². The Morgan fingerprint density at radius 2 is 1.96 bits per heavy atom. The van der Waals surface area contributed by atoms with Gasteiger partial charge in [-0.3, -0.25) is 14.6 Å². The number of carbonyl (C=O) groups is 1. The zero-order chi connectivity index (χ0) is 19.2. The second-order valence-corrected chi connectivity index (χ2v) is 9.20. The average molecular weight is 370 g/mol. The van der Waals surface area contributed by atoms with Gasteiger partial charge in [0.05, 0.1) is 24.1 Å². The molecule has 2 aromatic rings. The standard InChI is InChI=1S/C21H31N5O/c1-14-6-5-7-17-20(14)23-18(22-17)12-25-10-15-8-9-16(11-25)26(15)13-19(27)24-21(2,3)4/h5-7,15-16H,8-13H2,1-4H3,(H,22,23)(H,24,27). The smallest absolute Gasteiger partial charge is 0.234 e. The van der Waals surface area contributed by atoms with Gasteiger partial charge >= 0.3 is 0 Å². The van der Waals surface area contributed by atoms with Crippen LogP contribution in [0.5, 0.6) is 0 Å². The number of para-hydroxylation sites is 1. The average Bonchev–Trinajstić information content (AvgIpc) is 3.05. The summed E-state index contributed by atoms with van der Waals surface area (Å²) in [6.45, 7) is 11.6. The molecule has 2 bridgehead atoms. The van der Waals surface area contributed by atoms with Gasteiger partial charge in [-0.25, -0.2) is 4.98 Å². The van der Waals surface area contributed by atoms with Gasteiger partial charge in [-0.05, 0) is 52.2 Å². The van der Waals surface area contributed by atoms with E-state index < -0.39 is 0 Å². The minimum atomic E-state index is -0.169. The Morgan fingerprint density at radius 3 is 2.59 bits per heavy atom. The highest BCUT2D eigenvalue weighted by atomic mass is 16.2. The van der Waals surface area contributed by atoms with E-state index in [2.05, 4.69) is 45.2 Å². The molecule has 2 unspecified atom stereocenters. The van der Waals surface area contributed by atoms with Gasteiger partial charge in [0.25, 0.3) is 0 Å². The molecule has 0 aliphatic carbocycles. The highest BCUT2D eigenvalue weighted by Gasteiger charge is 2.40. The van der Waals surface area contributed by atoms with Crippen molar-refractivity contribution >= 4 is 16.9 Å². The van der Waals surface area contributed by atoms with Crippen LogP contribution in [-0.2, 0) is 11.3 Å². The Bertz CT molecular complexity index is 823. The van der Waals surface area contributed by atoms with Gasteiger partial charge in [-0.1, -0.05) is 12.1 Å². The van der Waals surface area contributed by atoms with Crippen molar-refractivity contribution in [3.8, 4) is 0 Å². The van der Waals surface area contributed by atoms with Gasteiger partial charge in [-0.15, -0.1) is 0 Å². The first kappa shape index (κ1) is 18.4. The van der Waals surface area contributed by atoms with Crippen LogP contribution >= 0.6 is 0 Å². The highest BCUT2D eigenvalue weighted by molar-refractivity contribution is 5.79. The molecular formula is C21H31N5O. The largest absolute Gasteiger partial charge is 0.350 e. The zero-order valence-electron chi connectivity index (χ0n) is 16.9. The van der Waals surface area contributed by atoms with Crippen LogP contribution in [0.2, 0.25) is 0 Å². The lowest BCUT2D eigenvalue weighted by Crippen LogP contribution is -2.56. The summed E-state index contributed by atoms with van der Waals surface area (Å²) in [5.41, 5.74) is 3.24. The van der Waals surface area contributed by atoms with Crippen LogP contribution in [-0.4, -0.2) is 62.9 Å². The maximum absolute atomic E-state index is 12.4. The summed E-state index contributed by atoms with van der Waals surface area (Å²) in [5.74, 6) is 1.18. The minimum Gasteiger partial charge on any atom is -0.350 e. The van der Waals surface area contributed by atoms with Crippen molar-refractivity contribution in [2.24, 2.45) is 0 Å². The number of fused-ring (bicyclic) bond motifs is 3. The summed E-state index contributed by atoms with van der Waals surface area (Å²) in [6.07, 6.45) is 2.37. The number of likely N-dealkylation sites (tertiary alicyclic amines) is 1. The number of piperazine rings is 1. The number of rotatable bonds is 4. The summed E-state index contributed by atoms with van der Waals surface area (Å²) < 4.78 is 0. The SMILES string of the molecule is Cc1cccc2[nH]c(CN3CC4CCC(C3)N4CC(=O)NC(C)(C)C)nc12. The monoisotopic (exact) mass is 369 g/mol. The predicted octanol–water partition coefficient (Wildman–Crippen LogP) is 2.43. The van der Waals surface area contributed by atoms with Crippen LogP contribution in [0.1, 0.15) is 45.0 Å². The number of amides is 1. The molecule has 2 aliphatic rings. The summed E-state index contributed by atoms with van der Waals surface area (Å²) in [5, 5.41) is 3.10. The van der Waals surface area contributed by atoms with Gasteiger partial charge in [-0.2, -0.15) is 0 Å². The van der Waals surface area contributed by atoms with Gasteiger partial charge in [0.1, 0.15) is 5.82 Å². The van der Waals surface area contributed by atoms with Crippen molar-refractivity contribution in [2.45, 2.75) is 64.7 Å². The van der Waals surface area contributed by atoms with Crippen molar-refractivity contribution in [3.63, 3.8) is 0 Å². The Balaban J connectivity index is 1.39. The Morgan fingerprint density at radius 1 is 1.26 bits per heavy atom. The molecule has 6 heteroatoms.